The third kappa shape index (κ3) is 2.58. The van der Waals surface area contributed by atoms with Crippen LogP contribution in [0.4, 0.5) is 11.4 Å². The summed E-state index contributed by atoms with van der Waals surface area (Å²) in [5, 5.41) is 3.87. The first-order valence-corrected chi connectivity index (χ1v) is 7.78. The molecule has 23 heavy (non-hydrogen) atoms. The molecule has 1 aliphatic rings. The summed E-state index contributed by atoms with van der Waals surface area (Å²) in [6, 6.07) is 13.5. The Balaban J connectivity index is 2.13. The number of anilines is 2. The van der Waals surface area contributed by atoms with Crippen LogP contribution in [-0.4, -0.2) is 11.8 Å². The third-order valence-electron chi connectivity index (χ3n) is 3.80. The second-order valence-corrected chi connectivity index (χ2v) is 6.68. The topological polar surface area (TPSA) is 40.6 Å². The average Bonchev–Trinajstić information content (AvgIpc) is 2.70. The molecule has 118 valence electrons. The summed E-state index contributed by atoms with van der Waals surface area (Å²) < 4.78 is 0. The van der Waals surface area contributed by atoms with E-state index in [4.69, 9.17) is 23.2 Å². The van der Waals surface area contributed by atoms with Crippen molar-refractivity contribution >= 4 is 46.4 Å². The second kappa shape index (κ2) is 5.55. The van der Waals surface area contributed by atoms with Gasteiger partial charge in [0.05, 0.1) is 11.4 Å². The minimum Gasteiger partial charge on any atom is -0.271 e. The van der Waals surface area contributed by atoms with Crippen LogP contribution in [-0.2, 0) is 9.59 Å². The number of hydrogen-bond donors (Lipinski definition) is 0. The largest absolute Gasteiger partial charge is 0.271 e. The summed E-state index contributed by atoms with van der Waals surface area (Å²) in [7, 11) is 0. The molecule has 2 aromatic rings. The summed E-state index contributed by atoms with van der Waals surface area (Å²) >= 11 is 11.8. The molecule has 0 atom stereocenters. The average molecular weight is 349 g/mol. The molecule has 0 bridgehead atoms. The molecule has 1 fully saturated rings. The van der Waals surface area contributed by atoms with Gasteiger partial charge in [0, 0.05) is 10.0 Å². The molecule has 0 N–H and O–H groups in total. The molecule has 6 heteroatoms. The summed E-state index contributed by atoms with van der Waals surface area (Å²) in [5.41, 5.74) is 0.0146. The number of rotatable bonds is 2. The van der Waals surface area contributed by atoms with Crippen LogP contribution in [0.3, 0.4) is 0 Å². The normalized spacial score (nSPS) is 17.0. The van der Waals surface area contributed by atoms with E-state index in [0.717, 1.165) is 0 Å². The quantitative estimate of drug-likeness (QED) is 0.758. The van der Waals surface area contributed by atoms with E-state index in [1.165, 1.54) is 10.0 Å². The van der Waals surface area contributed by atoms with Gasteiger partial charge in [0.25, 0.3) is 11.8 Å². The van der Waals surface area contributed by atoms with E-state index in [1.807, 2.05) is 0 Å². The number of hydrazine groups is 1. The SMILES string of the molecule is CC1(C)C(=O)N(c2ccc(Cl)cc2)N(c2ccc(Cl)cc2)C1=O. The van der Waals surface area contributed by atoms with Gasteiger partial charge in [-0.3, -0.25) is 9.59 Å². The predicted octanol–water partition coefficient (Wildman–Crippen LogP) is 4.31. The Hall–Kier alpha value is -2.04. The van der Waals surface area contributed by atoms with Gasteiger partial charge in [-0.05, 0) is 62.4 Å². The lowest BCUT2D eigenvalue weighted by Gasteiger charge is -2.27. The fourth-order valence-electron chi connectivity index (χ4n) is 2.43. The van der Waals surface area contributed by atoms with Crippen molar-refractivity contribution < 1.29 is 9.59 Å². The number of hydrogen-bond acceptors (Lipinski definition) is 2. The number of benzene rings is 2. The number of carbonyl (C=O) groups is 2. The molecular weight excluding hydrogens is 335 g/mol. The molecule has 1 heterocycles. The van der Waals surface area contributed by atoms with E-state index in [2.05, 4.69) is 0 Å². The van der Waals surface area contributed by atoms with Gasteiger partial charge >= 0.3 is 0 Å². The molecule has 4 nitrogen and oxygen atoms in total. The van der Waals surface area contributed by atoms with Crippen molar-refractivity contribution in [2.75, 3.05) is 10.0 Å². The van der Waals surface area contributed by atoms with Crippen LogP contribution in [0.2, 0.25) is 10.0 Å². The van der Waals surface area contributed by atoms with Gasteiger partial charge in [0.2, 0.25) is 0 Å². The zero-order valence-electron chi connectivity index (χ0n) is 12.6. The van der Waals surface area contributed by atoms with Crippen LogP contribution in [0.15, 0.2) is 48.5 Å². The van der Waals surface area contributed by atoms with Gasteiger partial charge in [-0.1, -0.05) is 23.2 Å². The van der Waals surface area contributed by atoms with Crippen LogP contribution >= 0.6 is 23.2 Å². The molecular formula is C17H14Cl2N2O2. The van der Waals surface area contributed by atoms with Gasteiger partial charge in [-0.15, -0.1) is 0 Å². The Bertz CT molecular complexity index is 705. The first-order chi connectivity index (χ1) is 10.8. The fourth-order valence-corrected chi connectivity index (χ4v) is 2.68. The molecule has 0 aliphatic carbocycles. The van der Waals surface area contributed by atoms with Crippen LogP contribution in [0.1, 0.15) is 13.8 Å². The maximum Gasteiger partial charge on any atom is 0.261 e. The van der Waals surface area contributed by atoms with E-state index >= 15 is 0 Å². The monoisotopic (exact) mass is 348 g/mol. The molecule has 3 rings (SSSR count). The van der Waals surface area contributed by atoms with E-state index in [-0.39, 0.29) is 11.8 Å². The summed E-state index contributed by atoms with van der Waals surface area (Å²) in [6.45, 7) is 3.24. The van der Waals surface area contributed by atoms with Crippen molar-refractivity contribution in [3.05, 3.63) is 58.6 Å². The first-order valence-electron chi connectivity index (χ1n) is 7.02. The highest BCUT2D eigenvalue weighted by Crippen LogP contribution is 2.38. The van der Waals surface area contributed by atoms with Crippen LogP contribution in [0, 0.1) is 5.41 Å². The Morgan fingerprint density at radius 3 is 1.30 bits per heavy atom. The Morgan fingerprint density at radius 1 is 0.696 bits per heavy atom. The van der Waals surface area contributed by atoms with Gasteiger partial charge in [0.15, 0.2) is 0 Å². The van der Waals surface area contributed by atoms with Crippen molar-refractivity contribution in [3.8, 4) is 0 Å². The maximum atomic E-state index is 12.8. The van der Waals surface area contributed by atoms with Gasteiger partial charge in [0.1, 0.15) is 5.41 Å². The predicted molar refractivity (Wildman–Crippen MR) is 91.7 cm³/mol. The zero-order valence-corrected chi connectivity index (χ0v) is 14.1. The molecule has 1 aliphatic heterocycles. The number of halogens is 2. The Morgan fingerprint density at radius 2 is 1.00 bits per heavy atom. The van der Waals surface area contributed by atoms with Gasteiger partial charge in [-0.2, -0.15) is 0 Å². The molecule has 1 saturated heterocycles. The van der Waals surface area contributed by atoms with Crippen molar-refractivity contribution in [1.29, 1.82) is 0 Å². The standard InChI is InChI=1S/C17H14Cl2N2O2/c1-17(2)15(22)20(13-7-3-11(18)4-8-13)21(16(17)23)14-9-5-12(19)6-10-14/h3-10H,1-2H3. The highest BCUT2D eigenvalue weighted by atomic mass is 35.5. The summed E-state index contributed by atoms with van der Waals surface area (Å²) in [6.07, 6.45) is 0. The molecule has 0 spiro atoms. The molecule has 0 radical (unpaired) electrons. The van der Waals surface area contributed by atoms with E-state index in [0.29, 0.717) is 21.4 Å². The smallest absolute Gasteiger partial charge is 0.261 e. The lowest BCUT2D eigenvalue weighted by Crippen LogP contribution is -2.41. The highest BCUT2D eigenvalue weighted by Gasteiger charge is 2.53. The second-order valence-electron chi connectivity index (χ2n) is 5.81. The van der Waals surface area contributed by atoms with E-state index < -0.39 is 5.41 Å². The van der Waals surface area contributed by atoms with E-state index in [1.54, 1.807) is 62.4 Å². The number of nitrogens with zero attached hydrogens (tertiary/aromatic N) is 2. The molecule has 2 aromatic carbocycles. The Kier molecular flexibility index (Phi) is 3.82. The third-order valence-corrected chi connectivity index (χ3v) is 4.30. The zero-order chi connectivity index (χ0) is 16.8. The van der Waals surface area contributed by atoms with E-state index in [9.17, 15) is 9.59 Å². The first kappa shape index (κ1) is 15.8. The van der Waals surface area contributed by atoms with Crippen molar-refractivity contribution in [2.45, 2.75) is 13.8 Å². The minimum atomic E-state index is -1.14. The Labute approximate surface area is 144 Å². The van der Waals surface area contributed by atoms with Crippen LogP contribution < -0.4 is 10.0 Å². The lowest BCUT2D eigenvalue weighted by atomic mass is 9.93. The fraction of sp³-hybridized carbons (Fsp3) is 0.176. The lowest BCUT2D eigenvalue weighted by molar-refractivity contribution is -0.132. The van der Waals surface area contributed by atoms with Crippen molar-refractivity contribution in [1.82, 2.24) is 0 Å². The molecule has 0 saturated carbocycles. The van der Waals surface area contributed by atoms with Gasteiger partial charge < -0.3 is 0 Å². The minimum absolute atomic E-state index is 0.292. The van der Waals surface area contributed by atoms with Crippen LogP contribution in [0.5, 0.6) is 0 Å². The summed E-state index contributed by atoms with van der Waals surface area (Å²) in [4.78, 5) is 25.6. The highest BCUT2D eigenvalue weighted by molar-refractivity contribution is 6.31. The van der Waals surface area contributed by atoms with Crippen LogP contribution in [0.25, 0.3) is 0 Å². The van der Waals surface area contributed by atoms with Crippen molar-refractivity contribution in [3.63, 3.8) is 0 Å². The van der Waals surface area contributed by atoms with Crippen molar-refractivity contribution in [2.24, 2.45) is 5.41 Å². The summed E-state index contributed by atoms with van der Waals surface area (Å²) in [5.74, 6) is -0.584. The number of carbonyl (C=O) groups excluding carboxylic acids is 2. The molecule has 0 unspecified atom stereocenters. The maximum absolute atomic E-state index is 12.8. The number of amides is 2. The van der Waals surface area contributed by atoms with Gasteiger partial charge in [-0.25, -0.2) is 10.0 Å². The molecule has 0 aromatic heterocycles. The molecule has 2 amide bonds.